The number of carbonyl (C=O) groups excluding carboxylic acids is 5. The van der Waals surface area contributed by atoms with Crippen molar-refractivity contribution in [3.8, 4) is 0 Å². The Bertz CT molecular complexity index is 721. The second-order valence-corrected chi connectivity index (χ2v) is 8.03. The van der Waals surface area contributed by atoms with Crippen LogP contribution in [0.3, 0.4) is 0 Å². The summed E-state index contributed by atoms with van der Waals surface area (Å²) in [7, 11) is 1.35. The standard InChI is InChI=1S/C23H36O12/c1-14(24)31-13-18-20(32-15(2)25)21(33-16(3)26)22(34-17(4)27)23(35-18)30-12-10-8-6-7-9-11-19(28)29-5/h18,20-23H,6-13H2,1-5H3/t18-,20+,21+,22-,23-/m1/s1. The molecule has 0 bridgehead atoms. The Morgan fingerprint density at radius 3 is 1.80 bits per heavy atom. The third kappa shape index (κ3) is 12.0. The van der Waals surface area contributed by atoms with Gasteiger partial charge in [-0.25, -0.2) is 0 Å². The molecule has 1 saturated heterocycles. The van der Waals surface area contributed by atoms with Crippen LogP contribution in [-0.4, -0.2) is 80.9 Å². The van der Waals surface area contributed by atoms with Crippen LogP contribution in [0.5, 0.6) is 0 Å². The molecule has 1 fully saturated rings. The van der Waals surface area contributed by atoms with Gasteiger partial charge < -0.3 is 33.2 Å². The molecule has 0 radical (unpaired) electrons. The molecule has 12 heteroatoms. The summed E-state index contributed by atoms with van der Waals surface area (Å²) in [5.41, 5.74) is 0. The predicted octanol–water partition coefficient (Wildman–Crippen LogP) is 1.60. The summed E-state index contributed by atoms with van der Waals surface area (Å²) in [6, 6.07) is 0. The average Bonchev–Trinajstić information content (AvgIpc) is 2.76. The van der Waals surface area contributed by atoms with Crippen molar-refractivity contribution >= 4 is 29.8 Å². The first-order chi connectivity index (χ1) is 16.5. The highest BCUT2D eigenvalue weighted by molar-refractivity contribution is 5.69. The zero-order chi connectivity index (χ0) is 26.4. The third-order valence-corrected chi connectivity index (χ3v) is 4.98. The first kappa shape index (κ1) is 30.3. The Morgan fingerprint density at radius 1 is 0.686 bits per heavy atom. The van der Waals surface area contributed by atoms with Crippen molar-refractivity contribution in [2.75, 3.05) is 20.3 Å². The zero-order valence-corrected chi connectivity index (χ0v) is 20.9. The Balaban J connectivity index is 2.87. The summed E-state index contributed by atoms with van der Waals surface area (Å²) in [6.07, 6.45) is -1.62. The van der Waals surface area contributed by atoms with E-state index in [9.17, 15) is 24.0 Å². The Kier molecular flexibility index (Phi) is 13.9. The minimum absolute atomic E-state index is 0.227. The van der Waals surface area contributed by atoms with Gasteiger partial charge in [0.15, 0.2) is 24.6 Å². The summed E-state index contributed by atoms with van der Waals surface area (Å²) in [6.45, 7) is 4.60. The molecular formula is C23H36O12. The van der Waals surface area contributed by atoms with Crippen molar-refractivity contribution < 1.29 is 57.1 Å². The molecule has 12 nitrogen and oxygen atoms in total. The van der Waals surface area contributed by atoms with Crippen molar-refractivity contribution in [3.63, 3.8) is 0 Å². The Hall–Kier alpha value is -2.73. The van der Waals surface area contributed by atoms with E-state index in [1.165, 1.54) is 21.0 Å². The van der Waals surface area contributed by atoms with E-state index in [4.69, 9.17) is 28.4 Å². The lowest BCUT2D eigenvalue weighted by Gasteiger charge is -2.44. The van der Waals surface area contributed by atoms with Crippen molar-refractivity contribution in [1.82, 2.24) is 0 Å². The van der Waals surface area contributed by atoms with Gasteiger partial charge in [-0.1, -0.05) is 19.3 Å². The van der Waals surface area contributed by atoms with E-state index in [1.807, 2.05) is 0 Å². The predicted molar refractivity (Wildman–Crippen MR) is 118 cm³/mol. The van der Waals surface area contributed by atoms with Gasteiger partial charge in [0.2, 0.25) is 0 Å². The lowest BCUT2D eigenvalue weighted by molar-refractivity contribution is -0.308. The lowest BCUT2D eigenvalue weighted by atomic mass is 9.98. The summed E-state index contributed by atoms with van der Waals surface area (Å²) in [4.78, 5) is 57.8. The van der Waals surface area contributed by atoms with E-state index in [1.54, 1.807) is 0 Å². The van der Waals surface area contributed by atoms with Crippen LogP contribution < -0.4 is 0 Å². The fourth-order valence-corrected chi connectivity index (χ4v) is 3.53. The van der Waals surface area contributed by atoms with E-state index >= 15 is 0 Å². The largest absolute Gasteiger partial charge is 0.469 e. The second kappa shape index (κ2) is 16.0. The maximum absolute atomic E-state index is 11.8. The zero-order valence-electron chi connectivity index (χ0n) is 20.9. The number of hydrogen-bond acceptors (Lipinski definition) is 12. The van der Waals surface area contributed by atoms with E-state index in [0.29, 0.717) is 12.8 Å². The van der Waals surface area contributed by atoms with Crippen LogP contribution in [0.15, 0.2) is 0 Å². The quantitative estimate of drug-likeness (QED) is 0.192. The first-order valence-corrected chi connectivity index (χ1v) is 11.5. The highest BCUT2D eigenvalue weighted by Gasteiger charge is 2.52. The number of esters is 5. The number of methoxy groups -OCH3 is 1. The topological polar surface area (TPSA) is 150 Å². The molecule has 0 saturated carbocycles. The summed E-state index contributed by atoms with van der Waals surface area (Å²) in [5.74, 6) is -2.92. The van der Waals surface area contributed by atoms with Gasteiger partial charge in [0.1, 0.15) is 12.7 Å². The molecule has 200 valence electrons. The van der Waals surface area contributed by atoms with Crippen molar-refractivity contribution in [2.45, 2.75) is 96.9 Å². The maximum Gasteiger partial charge on any atom is 0.305 e. The molecule has 1 aliphatic rings. The average molecular weight is 505 g/mol. The third-order valence-electron chi connectivity index (χ3n) is 4.98. The molecule has 0 aromatic rings. The monoisotopic (exact) mass is 504 g/mol. The number of rotatable bonds is 14. The van der Waals surface area contributed by atoms with Crippen LogP contribution in [-0.2, 0) is 57.1 Å². The van der Waals surface area contributed by atoms with Gasteiger partial charge in [-0.2, -0.15) is 0 Å². The summed E-state index contributed by atoms with van der Waals surface area (Å²) >= 11 is 0. The molecule has 0 N–H and O–H groups in total. The number of ether oxygens (including phenoxy) is 7. The van der Waals surface area contributed by atoms with Crippen LogP contribution in [0.1, 0.15) is 66.2 Å². The SMILES string of the molecule is COC(=O)CCCCCCCO[C@@H]1O[C@H](COC(C)=O)[C@H](OC(C)=O)[C@H](OC(C)=O)[C@H]1OC(C)=O. The van der Waals surface area contributed by atoms with Gasteiger partial charge in [0.05, 0.1) is 7.11 Å². The molecule has 0 amide bonds. The van der Waals surface area contributed by atoms with Crippen LogP contribution in [0.4, 0.5) is 0 Å². The molecule has 1 aliphatic heterocycles. The number of hydrogen-bond donors (Lipinski definition) is 0. The first-order valence-electron chi connectivity index (χ1n) is 11.5. The highest BCUT2D eigenvalue weighted by atomic mass is 16.7. The van der Waals surface area contributed by atoms with E-state index < -0.39 is 54.6 Å². The van der Waals surface area contributed by atoms with Gasteiger partial charge in [0.25, 0.3) is 0 Å². The fourth-order valence-electron chi connectivity index (χ4n) is 3.53. The molecule has 35 heavy (non-hydrogen) atoms. The highest BCUT2D eigenvalue weighted by Crippen LogP contribution is 2.30. The van der Waals surface area contributed by atoms with Crippen molar-refractivity contribution in [2.24, 2.45) is 0 Å². The van der Waals surface area contributed by atoms with Crippen LogP contribution in [0.25, 0.3) is 0 Å². The molecule has 0 aromatic carbocycles. The summed E-state index contributed by atoms with van der Waals surface area (Å²) < 4.78 is 37.3. The van der Waals surface area contributed by atoms with Gasteiger partial charge in [-0.3, -0.25) is 24.0 Å². The van der Waals surface area contributed by atoms with Gasteiger partial charge in [-0.15, -0.1) is 0 Å². The van der Waals surface area contributed by atoms with Crippen molar-refractivity contribution in [1.29, 1.82) is 0 Å². The van der Waals surface area contributed by atoms with E-state index in [0.717, 1.165) is 39.5 Å². The molecule has 0 aliphatic carbocycles. The van der Waals surface area contributed by atoms with Crippen LogP contribution >= 0.6 is 0 Å². The van der Waals surface area contributed by atoms with E-state index in [-0.39, 0.29) is 19.2 Å². The van der Waals surface area contributed by atoms with Gasteiger partial charge in [-0.05, 0) is 12.8 Å². The molecule has 1 heterocycles. The second-order valence-electron chi connectivity index (χ2n) is 8.03. The minimum Gasteiger partial charge on any atom is -0.469 e. The maximum atomic E-state index is 11.8. The van der Waals surface area contributed by atoms with Crippen molar-refractivity contribution in [3.05, 3.63) is 0 Å². The molecule has 0 aromatic heterocycles. The molecule has 1 rings (SSSR count). The summed E-state index contributed by atoms with van der Waals surface area (Å²) in [5, 5.41) is 0. The minimum atomic E-state index is -1.25. The van der Waals surface area contributed by atoms with Gasteiger partial charge in [0, 0.05) is 40.7 Å². The Labute approximate surface area is 204 Å². The number of carbonyl (C=O) groups is 5. The van der Waals surface area contributed by atoms with Crippen LogP contribution in [0.2, 0.25) is 0 Å². The number of unbranched alkanes of at least 4 members (excludes halogenated alkanes) is 4. The van der Waals surface area contributed by atoms with Gasteiger partial charge >= 0.3 is 29.8 Å². The molecule has 0 unspecified atom stereocenters. The fraction of sp³-hybridized carbons (Fsp3) is 0.783. The molecule has 0 spiro atoms. The lowest BCUT2D eigenvalue weighted by Crippen LogP contribution is -2.63. The van der Waals surface area contributed by atoms with Crippen LogP contribution in [0, 0.1) is 0 Å². The molecular weight excluding hydrogens is 468 g/mol. The smallest absolute Gasteiger partial charge is 0.305 e. The Morgan fingerprint density at radius 2 is 1.23 bits per heavy atom. The van der Waals surface area contributed by atoms with E-state index in [2.05, 4.69) is 4.74 Å². The normalized spacial score (nSPS) is 23.6. The molecule has 5 atom stereocenters.